The number of aromatic nitrogens is 2. The Bertz CT molecular complexity index is 1590. The summed E-state index contributed by atoms with van der Waals surface area (Å²) >= 11 is 0. The summed E-state index contributed by atoms with van der Waals surface area (Å²) in [5, 5.41) is 0. The third kappa shape index (κ3) is 4.93. The number of benzene rings is 3. The van der Waals surface area contributed by atoms with E-state index >= 15 is 0 Å². The third-order valence-electron chi connectivity index (χ3n) is 6.46. The molecule has 0 saturated carbocycles. The SMILES string of the molecule is Cc1ccc(-c2cc(C(F)(F)F)ccc2[C@H]2CCc3cc(S(=O)(=O)Nc4ncccn4)ccc32)c(F)c1. The fourth-order valence-corrected chi connectivity index (χ4v) is 5.73. The second-order valence-corrected chi connectivity index (χ2v) is 10.6. The zero-order valence-electron chi connectivity index (χ0n) is 19.6. The number of hydrogen-bond acceptors (Lipinski definition) is 4. The maximum absolute atomic E-state index is 14.9. The first kappa shape index (κ1) is 24.9. The van der Waals surface area contributed by atoms with E-state index in [1.807, 2.05) is 0 Å². The van der Waals surface area contributed by atoms with Gasteiger partial charge in [-0.2, -0.15) is 13.2 Å². The van der Waals surface area contributed by atoms with E-state index in [2.05, 4.69) is 14.7 Å². The monoisotopic (exact) mass is 527 g/mol. The van der Waals surface area contributed by atoms with E-state index in [1.165, 1.54) is 36.7 Å². The molecule has 0 saturated heterocycles. The van der Waals surface area contributed by atoms with Crippen LogP contribution < -0.4 is 4.72 Å². The van der Waals surface area contributed by atoms with Gasteiger partial charge in [0.25, 0.3) is 10.0 Å². The molecule has 5 nitrogen and oxygen atoms in total. The molecule has 1 atom stereocenters. The van der Waals surface area contributed by atoms with Gasteiger partial charge in [-0.05, 0) is 84.0 Å². The quantitative estimate of drug-likeness (QED) is 0.301. The van der Waals surface area contributed by atoms with Crippen molar-refractivity contribution in [1.29, 1.82) is 0 Å². The van der Waals surface area contributed by atoms with Gasteiger partial charge in [-0.1, -0.05) is 24.3 Å². The van der Waals surface area contributed by atoms with Gasteiger partial charge < -0.3 is 0 Å². The van der Waals surface area contributed by atoms with Crippen molar-refractivity contribution < 1.29 is 26.0 Å². The van der Waals surface area contributed by atoms with E-state index in [-0.39, 0.29) is 27.9 Å². The van der Waals surface area contributed by atoms with Crippen molar-refractivity contribution >= 4 is 16.0 Å². The van der Waals surface area contributed by atoms with Crippen LogP contribution in [0, 0.1) is 12.7 Å². The Kier molecular flexibility index (Phi) is 6.23. The first-order valence-corrected chi connectivity index (χ1v) is 12.9. The minimum atomic E-state index is -4.58. The molecule has 0 amide bonds. The number of nitrogens with one attached hydrogen (secondary N) is 1. The molecule has 0 bridgehead atoms. The predicted molar refractivity (Wildman–Crippen MR) is 131 cm³/mol. The smallest absolute Gasteiger partial charge is 0.247 e. The molecule has 5 rings (SSSR count). The Balaban J connectivity index is 1.55. The highest BCUT2D eigenvalue weighted by Gasteiger charge is 2.34. The highest BCUT2D eigenvalue weighted by Crippen LogP contribution is 2.45. The number of sulfonamides is 1. The molecule has 1 N–H and O–H groups in total. The molecule has 10 heteroatoms. The minimum absolute atomic E-state index is 0.0246. The highest BCUT2D eigenvalue weighted by atomic mass is 32.2. The van der Waals surface area contributed by atoms with Crippen molar-refractivity contribution in [3.05, 3.63) is 107 Å². The molecule has 1 aliphatic rings. The van der Waals surface area contributed by atoms with Crippen molar-refractivity contribution in [3.8, 4) is 11.1 Å². The largest absolute Gasteiger partial charge is 0.416 e. The van der Waals surface area contributed by atoms with Crippen molar-refractivity contribution in [2.45, 2.75) is 36.8 Å². The summed E-state index contributed by atoms with van der Waals surface area (Å²) in [5.74, 6) is -0.986. The number of anilines is 1. The lowest BCUT2D eigenvalue weighted by molar-refractivity contribution is -0.137. The summed E-state index contributed by atoms with van der Waals surface area (Å²) in [7, 11) is -3.95. The summed E-state index contributed by atoms with van der Waals surface area (Å²) in [6.45, 7) is 1.71. The Morgan fingerprint density at radius 1 is 0.919 bits per heavy atom. The molecule has 0 unspecified atom stereocenters. The van der Waals surface area contributed by atoms with Gasteiger partial charge in [0.1, 0.15) is 5.82 Å². The molecular weight excluding hydrogens is 506 g/mol. The summed E-state index contributed by atoms with van der Waals surface area (Å²) in [4.78, 5) is 7.78. The number of alkyl halides is 3. The van der Waals surface area contributed by atoms with Crippen LogP contribution in [0.15, 0.2) is 78.0 Å². The number of aryl methyl sites for hydroxylation is 2. The van der Waals surface area contributed by atoms with Crippen LogP contribution in [0.2, 0.25) is 0 Å². The van der Waals surface area contributed by atoms with Crippen LogP contribution in [0.5, 0.6) is 0 Å². The summed E-state index contributed by atoms with van der Waals surface area (Å²) in [5.41, 5.74) is 2.17. The van der Waals surface area contributed by atoms with Crippen LogP contribution in [0.25, 0.3) is 11.1 Å². The van der Waals surface area contributed by atoms with Crippen molar-refractivity contribution in [1.82, 2.24) is 9.97 Å². The lowest BCUT2D eigenvalue weighted by Gasteiger charge is -2.20. The van der Waals surface area contributed by atoms with Crippen LogP contribution in [0.3, 0.4) is 0 Å². The predicted octanol–water partition coefficient (Wildman–Crippen LogP) is 6.49. The standard InChI is InChI=1S/C27H21F4N3O2S/c1-16-3-7-23(25(28)13-16)24-15-18(27(29,30)31)5-9-22(24)21-8-4-17-14-19(6-10-20(17)21)37(35,36)34-26-32-11-2-12-33-26/h2-3,5-7,9-15,21H,4,8H2,1H3,(H,32,33,34)/t21-/m0/s1. The van der Waals surface area contributed by atoms with Gasteiger partial charge in [-0.3, -0.25) is 0 Å². The van der Waals surface area contributed by atoms with E-state index in [4.69, 9.17) is 0 Å². The highest BCUT2D eigenvalue weighted by molar-refractivity contribution is 7.92. The number of halogens is 4. The molecular formula is C27H21F4N3O2S. The van der Waals surface area contributed by atoms with Gasteiger partial charge in [0.15, 0.2) is 0 Å². The second kappa shape index (κ2) is 9.26. The Morgan fingerprint density at radius 3 is 2.35 bits per heavy atom. The van der Waals surface area contributed by atoms with Gasteiger partial charge in [0.05, 0.1) is 10.5 Å². The molecule has 1 aliphatic carbocycles. The number of hydrogen-bond donors (Lipinski definition) is 1. The molecule has 1 heterocycles. The van der Waals surface area contributed by atoms with Crippen LogP contribution >= 0.6 is 0 Å². The maximum atomic E-state index is 14.9. The van der Waals surface area contributed by atoms with Crippen molar-refractivity contribution in [2.75, 3.05) is 4.72 Å². The number of nitrogens with zero attached hydrogens (tertiary/aromatic N) is 2. The maximum Gasteiger partial charge on any atom is 0.416 e. The first-order valence-electron chi connectivity index (χ1n) is 11.4. The Hall–Kier alpha value is -3.79. The summed E-state index contributed by atoms with van der Waals surface area (Å²) in [6, 6.07) is 14.1. The normalized spacial score (nSPS) is 15.4. The molecule has 0 aliphatic heterocycles. The first-order chi connectivity index (χ1) is 17.5. The average molecular weight is 528 g/mol. The topological polar surface area (TPSA) is 72.0 Å². The fourth-order valence-electron chi connectivity index (χ4n) is 4.72. The number of fused-ring (bicyclic) bond motifs is 1. The Morgan fingerprint density at radius 2 is 1.65 bits per heavy atom. The van der Waals surface area contributed by atoms with Crippen molar-refractivity contribution in [3.63, 3.8) is 0 Å². The van der Waals surface area contributed by atoms with Gasteiger partial charge in [-0.15, -0.1) is 0 Å². The molecule has 0 fully saturated rings. The number of rotatable bonds is 5. The molecule has 0 spiro atoms. The van der Waals surface area contributed by atoms with Crippen LogP contribution in [0.4, 0.5) is 23.5 Å². The summed E-state index contributed by atoms with van der Waals surface area (Å²) < 4.78 is 83.6. The zero-order chi connectivity index (χ0) is 26.4. The van der Waals surface area contributed by atoms with Gasteiger partial charge in [-0.25, -0.2) is 27.5 Å². The molecule has 0 radical (unpaired) electrons. The summed E-state index contributed by atoms with van der Waals surface area (Å²) in [6.07, 6.45) is -0.698. The zero-order valence-corrected chi connectivity index (χ0v) is 20.4. The van der Waals surface area contributed by atoms with Gasteiger partial charge >= 0.3 is 6.18 Å². The third-order valence-corrected chi connectivity index (χ3v) is 7.79. The van der Waals surface area contributed by atoms with E-state index in [0.29, 0.717) is 24.0 Å². The lowest BCUT2D eigenvalue weighted by atomic mass is 9.85. The van der Waals surface area contributed by atoms with E-state index in [1.54, 1.807) is 31.2 Å². The van der Waals surface area contributed by atoms with Crippen LogP contribution in [-0.2, 0) is 22.6 Å². The van der Waals surface area contributed by atoms with Crippen LogP contribution in [-0.4, -0.2) is 18.4 Å². The fraction of sp³-hybridized carbons (Fsp3) is 0.185. The minimum Gasteiger partial charge on any atom is -0.247 e. The van der Waals surface area contributed by atoms with E-state index in [0.717, 1.165) is 23.3 Å². The van der Waals surface area contributed by atoms with Crippen LogP contribution in [0.1, 0.15) is 40.2 Å². The van der Waals surface area contributed by atoms with E-state index in [9.17, 15) is 26.0 Å². The molecule has 1 aromatic heterocycles. The van der Waals surface area contributed by atoms with Gasteiger partial charge in [0, 0.05) is 23.9 Å². The molecule has 3 aromatic carbocycles. The second-order valence-electron chi connectivity index (χ2n) is 8.91. The van der Waals surface area contributed by atoms with E-state index < -0.39 is 27.6 Å². The van der Waals surface area contributed by atoms with Crippen molar-refractivity contribution in [2.24, 2.45) is 0 Å². The lowest BCUT2D eigenvalue weighted by Crippen LogP contribution is -2.15. The molecule has 190 valence electrons. The van der Waals surface area contributed by atoms with Gasteiger partial charge in [0.2, 0.25) is 5.95 Å². The Labute approximate surface area is 211 Å². The molecule has 4 aromatic rings. The average Bonchev–Trinajstić information content (AvgIpc) is 3.27. The molecule has 37 heavy (non-hydrogen) atoms.